The molecular formula is C23H31ClN2O3. The molecule has 1 heterocycles. The average Bonchev–Trinajstić information content (AvgIpc) is 3.24. The van der Waals surface area contributed by atoms with Gasteiger partial charge in [-0.1, -0.05) is 49.4 Å². The summed E-state index contributed by atoms with van der Waals surface area (Å²) in [5, 5.41) is 3.01. The minimum atomic E-state index is -0.338. The Balaban J connectivity index is 0.00000300. The number of ether oxygens (including phenoxy) is 2. The molecule has 3 unspecified atom stereocenters. The highest BCUT2D eigenvalue weighted by Gasteiger charge is 2.22. The molecule has 0 radical (unpaired) electrons. The first-order valence-electron chi connectivity index (χ1n) is 9.96. The van der Waals surface area contributed by atoms with Crippen LogP contribution in [0.4, 0.5) is 0 Å². The Morgan fingerprint density at radius 1 is 1.28 bits per heavy atom. The molecule has 0 bridgehead atoms. The molecule has 1 aliphatic rings. The molecule has 0 aliphatic carbocycles. The predicted molar refractivity (Wildman–Crippen MR) is 117 cm³/mol. The van der Waals surface area contributed by atoms with Gasteiger partial charge in [-0.2, -0.15) is 0 Å². The monoisotopic (exact) mass is 418 g/mol. The van der Waals surface area contributed by atoms with E-state index in [2.05, 4.69) is 5.32 Å². The highest BCUT2D eigenvalue weighted by molar-refractivity contribution is 5.85. The molecule has 1 aliphatic heterocycles. The maximum absolute atomic E-state index is 12.6. The van der Waals surface area contributed by atoms with Crippen LogP contribution in [0.5, 0.6) is 5.75 Å². The minimum Gasteiger partial charge on any atom is -0.491 e. The fraction of sp³-hybridized carbons (Fsp3) is 0.435. The fourth-order valence-electron chi connectivity index (χ4n) is 3.37. The third-order valence-electron chi connectivity index (χ3n) is 5.26. The smallest absolute Gasteiger partial charge is 0.225 e. The van der Waals surface area contributed by atoms with Gasteiger partial charge in [-0.25, -0.2) is 0 Å². The van der Waals surface area contributed by atoms with Crippen molar-refractivity contribution in [3.63, 3.8) is 0 Å². The number of nitrogens with two attached hydrogens (primary N) is 1. The number of benzene rings is 2. The van der Waals surface area contributed by atoms with Gasteiger partial charge in [0.1, 0.15) is 12.4 Å². The number of amides is 1. The van der Waals surface area contributed by atoms with Gasteiger partial charge in [-0.05, 0) is 37.0 Å². The van der Waals surface area contributed by atoms with Crippen LogP contribution in [0.1, 0.15) is 42.5 Å². The van der Waals surface area contributed by atoms with Gasteiger partial charge in [0.15, 0.2) is 0 Å². The maximum atomic E-state index is 12.6. The Hall–Kier alpha value is -2.08. The second kappa shape index (κ2) is 11.2. The van der Waals surface area contributed by atoms with Gasteiger partial charge in [-0.15, -0.1) is 12.4 Å². The van der Waals surface area contributed by atoms with Crippen LogP contribution in [0.25, 0.3) is 0 Å². The van der Waals surface area contributed by atoms with Crippen molar-refractivity contribution in [2.45, 2.75) is 45.4 Å². The van der Waals surface area contributed by atoms with E-state index in [0.717, 1.165) is 41.9 Å². The van der Waals surface area contributed by atoms with Crippen LogP contribution >= 0.6 is 12.4 Å². The number of halogens is 1. The van der Waals surface area contributed by atoms with Gasteiger partial charge in [0.2, 0.25) is 5.91 Å². The molecule has 1 amide bonds. The van der Waals surface area contributed by atoms with Gasteiger partial charge in [0.25, 0.3) is 0 Å². The van der Waals surface area contributed by atoms with Crippen LogP contribution in [0.15, 0.2) is 48.5 Å². The molecule has 1 saturated heterocycles. The van der Waals surface area contributed by atoms with E-state index < -0.39 is 0 Å². The van der Waals surface area contributed by atoms with Gasteiger partial charge in [-0.3, -0.25) is 4.79 Å². The standard InChI is InChI=1S/C23H30N2O3.ClH/c1-16-10-11-19(21(13-16)28-15-20-9-6-12-27-20)14-25-23(26)17(2)22(24)18-7-4-3-5-8-18;/h3-5,7-8,10-11,13,17,20,22H,6,9,12,14-15,24H2,1-2H3,(H,25,26);1H. The molecular weight excluding hydrogens is 388 g/mol. The summed E-state index contributed by atoms with van der Waals surface area (Å²) in [5.41, 5.74) is 9.31. The SMILES string of the molecule is Cc1ccc(CNC(=O)C(C)C(N)c2ccccc2)c(OCC2CCCO2)c1.Cl. The van der Waals surface area contributed by atoms with Crippen molar-refractivity contribution in [3.05, 3.63) is 65.2 Å². The number of hydrogen-bond donors (Lipinski definition) is 2. The molecule has 3 N–H and O–H groups in total. The Morgan fingerprint density at radius 3 is 2.72 bits per heavy atom. The zero-order valence-corrected chi connectivity index (χ0v) is 17.9. The van der Waals surface area contributed by atoms with Crippen LogP contribution < -0.4 is 15.8 Å². The van der Waals surface area contributed by atoms with Crippen molar-refractivity contribution in [1.29, 1.82) is 0 Å². The molecule has 3 atom stereocenters. The summed E-state index contributed by atoms with van der Waals surface area (Å²) in [6.45, 7) is 5.65. The van der Waals surface area contributed by atoms with Crippen molar-refractivity contribution >= 4 is 18.3 Å². The second-order valence-corrected chi connectivity index (χ2v) is 7.50. The fourth-order valence-corrected chi connectivity index (χ4v) is 3.37. The summed E-state index contributed by atoms with van der Waals surface area (Å²) in [5.74, 6) is 0.405. The van der Waals surface area contributed by atoms with Gasteiger partial charge < -0.3 is 20.5 Å². The van der Waals surface area contributed by atoms with Crippen molar-refractivity contribution in [2.24, 2.45) is 11.7 Å². The summed E-state index contributed by atoms with van der Waals surface area (Å²) in [4.78, 5) is 12.6. The highest BCUT2D eigenvalue weighted by atomic mass is 35.5. The number of aryl methyl sites for hydroxylation is 1. The zero-order chi connectivity index (χ0) is 19.9. The lowest BCUT2D eigenvalue weighted by Gasteiger charge is -2.20. The topological polar surface area (TPSA) is 73.6 Å². The van der Waals surface area contributed by atoms with Crippen LogP contribution in [-0.2, 0) is 16.1 Å². The summed E-state index contributed by atoms with van der Waals surface area (Å²) >= 11 is 0. The summed E-state index contributed by atoms with van der Waals surface area (Å²) < 4.78 is 11.6. The maximum Gasteiger partial charge on any atom is 0.225 e. The summed E-state index contributed by atoms with van der Waals surface area (Å²) in [7, 11) is 0. The summed E-state index contributed by atoms with van der Waals surface area (Å²) in [6, 6.07) is 15.4. The number of nitrogens with one attached hydrogen (secondary N) is 1. The molecule has 2 aromatic rings. The molecule has 3 rings (SSSR count). The molecule has 6 heteroatoms. The number of hydrogen-bond acceptors (Lipinski definition) is 4. The molecule has 0 aromatic heterocycles. The van der Waals surface area contributed by atoms with Crippen LogP contribution in [-0.4, -0.2) is 25.2 Å². The second-order valence-electron chi connectivity index (χ2n) is 7.50. The van der Waals surface area contributed by atoms with E-state index in [1.165, 1.54) is 0 Å². The third kappa shape index (κ3) is 6.46. The highest BCUT2D eigenvalue weighted by Crippen LogP contribution is 2.23. The lowest BCUT2D eigenvalue weighted by atomic mass is 9.94. The number of rotatable bonds is 8. The Bertz CT molecular complexity index is 779. The van der Waals surface area contributed by atoms with Crippen molar-refractivity contribution in [3.8, 4) is 5.75 Å². The van der Waals surface area contributed by atoms with Crippen LogP contribution in [0.2, 0.25) is 0 Å². The Kier molecular flexibility index (Phi) is 8.96. The lowest BCUT2D eigenvalue weighted by Crippen LogP contribution is -2.35. The van der Waals surface area contributed by atoms with Crippen molar-refractivity contribution in [1.82, 2.24) is 5.32 Å². The third-order valence-corrected chi connectivity index (χ3v) is 5.26. The van der Waals surface area contributed by atoms with E-state index in [1.54, 1.807) is 0 Å². The lowest BCUT2D eigenvalue weighted by molar-refractivity contribution is -0.125. The first kappa shape index (κ1) is 23.2. The van der Waals surface area contributed by atoms with Gasteiger partial charge in [0, 0.05) is 24.8 Å². The van der Waals surface area contributed by atoms with Crippen LogP contribution in [0, 0.1) is 12.8 Å². The van der Waals surface area contributed by atoms with Gasteiger partial charge >= 0.3 is 0 Å². The van der Waals surface area contributed by atoms with Crippen molar-refractivity contribution in [2.75, 3.05) is 13.2 Å². The molecule has 29 heavy (non-hydrogen) atoms. The Morgan fingerprint density at radius 2 is 2.03 bits per heavy atom. The normalized spacial score (nSPS) is 17.8. The molecule has 0 spiro atoms. The van der Waals surface area contributed by atoms with E-state index in [0.29, 0.717) is 13.2 Å². The largest absolute Gasteiger partial charge is 0.491 e. The van der Waals surface area contributed by atoms with E-state index in [1.807, 2.05) is 62.4 Å². The summed E-state index contributed by atoms with van der Waals surface area (Å²) in [6.07, 6.45) is 2.28. The van der Waals surface area contributed by atoms with E-state index in [4.69, 9.17) is 15.2 Å². The van der Waals surface area contributed by atoms with Crippen LogP contribution in [0.3, 0.4) is 0 Å². The minimum absolute atomic E-state index is 0. The predicted octanol–water partition coefficient (Wildman–Crippen LogP) is 3.93. The van der Waals surface area contributed by atoms with E-state index in [-0.39, 0.29) is 36.4 Å². The van der Waals surface area contributed by atoms with Gasteiger partial charge in [0.05, 0.1) is 12.0 Å². The Labute approximate surface area is 179 Å². The van der Waals surface area contributed by atoms with E-state index in [9.17, 15) is 4.79 Å². The number of carbonyl (C=O) groups excluding carboxylic acids is 1. The van der Waals surface area contributed by atoms with Crippen molar-refractivity contribution < 1.29 is 14.3 Å². The molecule has 2 aromatic carbocycles. The molecule has 158 valence electrons. The number of carbonyl (C=O) groups is 1. The first-order valence-corrected chi connectivity index (χ1v) is 9.96. The first-order chi connectivity index (χ1) is 13.5. The average molecular weight is 419 g/mol. The van der Waals surface area contributed by atoms with E-state index >= 15 is 0 Å². The molecule has 1 fully saturated rings. The zero-order valence-electron chi connectivity index (χ0n) is 17.1. The molecule has 0 saturated carbocycles. The quantitative estimate of drug-likeness (QED) is 0.681. The molecule has 5 nitrogen and oxygen atoms in total.